The minimum atomic E-state index is -0.190. The van der Waals surface area contributed by atoms with Gasteiger partial charge in [0, 0.05) is 17.6 Å². The van der Waals surface area contributed by atoms with Crippen molar-refractivity contribution >= 4 is 21.8 Å². The van der Waals surface area contributed by atoms with Crippen LogP contribution in [0.15, 0.2) is 28.7 Å². The van der Waals surface area contributed by atoms with Gasteiger partial charge in [-0.1, -0.05) is 41.4 Å². The van der Waals surface area contributed by atoms with Gasteiger partial charge >= 0.3 is 0 Å². The van der Waals surface area contributed by atoms with Crippen LogP contribution in [0, 0.1) is 5.41 Å². The molecule has 1 aliphatic rings. The van der Waals surface area contributed by atoms with Crippen molar-refractivity contribution in [2.75, 3.05) is 13.1 Å². The second-order valence-corrected chi connectivity index (χ2v) is 6.18. The number of carbonyl (C=O) groups excluding carboxylic acids is 1. The van der Waals surface area contributed by atoms with Gasteiger partial charge in [0.15, 0.2) is 0 Å². The van der Waals surface area contributed by atoms with E-state index in [1.165, 1.54) is 0 Å². The average Bonchev–Trinajstić information content (AvgIpc) is 2.88. The summed E-state index contributed by atoms with van der Waals surface area (Å²) < 4.78 is 1.06. The van der Waals surface area contributed by atoms with Gasteiger partial charge < -0.3 is 10.6 Å². The van der Waals surface area contributed by atoms with Gasteiger partial charge in [0.25, 0.3) is 0 Å². The fraction of sp³-hybridized carbons (Fsp3) is 0.533. The third-order valence-corrected chi connectivity index (χ3v) is 4.35. The Morgan fingerprint density at radius 1 is 1.42 bits per heavy atom. The molecule has 104 valence electrons. The van der Waals surface area contributed by atoms with E-state index in [9.17, 15) is 4.79 Å². The van der Waals surface area contributed by atoms with Crippen LogP contribution in [0.4, 0.5) is 0 Å². The summed E-state index contributed by atoms with van der Waals surface area (Å²) in [6, 6.07) is 8.06. The first kappa shape index (κ1) is 14.5. The smallest absolute Gasteiger partial charge is 0.227 e. The molecule has 2 N–H and O–H groups in total. The van der Waals surface area contributed by atoms with Crippen molar-refractivity contribution in [1.82, 2.24) is 10.6 Å². The lowest BCUT2D eigenvalue weighted by atomic mass is 9.81. The fourth-order valence-corrected chi connectivity index (χ4v) is 2.98. The van der Waals surface area contributed by atoms with E-state index in [0.717, 1.165) is 42.4 Å². The van der Waals surface area contributed by atoms with Gasteiger partial charge in [0.05, 0.1) is 5.41 Å². The summed E-state index contributed by atoms with van der Waals surface area (Å²) in [7, 11) is 0. The zero-order valence-electron chi connectivity index (χ0n) is 11.3. The maximum Gasteiger partial charge on any atom is 0.227 e. The molecule has 1 heterocycles. The molecule has 4 heteroatoms. The molecule has 1 amide bonds. The Kier molecular flexibility index (Phi) is 4.99. The monoisotopic (exact) mass is 324 g/mol. The highest BCUT2D eigenvalue weighted by molar-refractivity contribution is 9.10. The summed E-state index contributed by atoms with van der Waals surface area (Å²) in [6.07, 6.45) is 2.96. The van der Waals surface area contributed by atoms with E-state index in [2.05, 4.69) is 33.5 Å². The number of hydrogen-bond donors (Lipinski definition) is 2. The number of nitrogens with one attached hydrogen (secondary N) is 2. The van der Waals surface area contributed by atoms with E-state index in [-0.39, 0.29) is 11.3 Å². The number of amides is 1. The topological polar surface area (TPSA) is 41.1 Å². The zero-order chi connectivity index (χ0) is 13.7. The third-order valence-electron chi connectivity index (χ3n) is 3.82. The predicted molar refractivity (Wildman–Crippen MR) is 80.8 cm³/mol. The quantitative estimate of drug-likeness (QED) is 0.874. The van der Waals surface area contributed by atoms with Crippen LogP contribution in [-0.4, -0.2) is 19.0 Å². The molecule has 1 aromatic carbocycles. The average molecular weight is 325 g/mol. The Balaban J connectivity index is 1.94. The first-order valence-corrected chi connectivity index (χ1v) is 7.69. The molecule has 1 saturated heterocycles. The minimum Gasteiger partial charge on any atom is -0.352 e. The molecule has 0 spiro atoms. The van der Waals surface area contributed by atoms with Crippen molar-refractivity contribution in [2.24, 2.45) is 5.41 Å². The van der Waals surface area contributed by atoms with Crippen molar-refractivity contribution in [2.45, 2.75) is 32.7 Å². The second-order valence-electron chi connectivity index (χ2n) is 5.27. The van der Waals surface area contributed by atoms with E-state index in [1.54, 1.807) is 0 Å². The molecule has 1 unspecified atom stereocenters. The lowest BCUT2D eigenvalue weighted by Gasteiger charge is -2.26. The Bertz CT molecular complexity index is 424. The SMILES string of the molecule is CCCC1(C(=O)NCc2ccc(Br)cc2)CCNC1. The number of benzene rings is 1. The van der Waals surface area contributed by atoms with Crippen LogP contribution in [-0.2, 0) is 11.3 Å². The largest absolute Gasteiger partial charge is 0.352 e. The highest BCUT2D eigenvalue weighted by Gasteiger charge is 2.39. The molecule has 1 aliphatic heterocycles. The summed E-state index contributed by atoms with van der Waals surface area (Å²) >= 11 is 3.41. The van der Waals surface area contributed by atoms with E-state index >= 15 is 0 Å². The van der Waals surface area contributed by atoms with Gasteiger partial charge in [-0.25, -0.2) is 0 Å². The van der Waals surface area contributed by atoms with Crippen LogP contribution in [0.5, 0.6) is 0 Å². The summed E-state index contributed by atoms with van der Waals surface area (Å²) in [5.74, 6) is 0.197. The summed E-state index contributed by atoms with van der Waals surface area (Å²) in [4.78, 5) is 12.4. The molecule has 19 heavy (non-hydrogen) atoms. The fourth-order valence-electron chi connectivity index (χ4n) is 2.72. The molecule has 1 atom stereocenters. The van der Waals surface area contributed by atoms with Gasteiger partial charge in [-0.15, -0.1) is 0 Å². The first-order valence-electron chi connectivity index (χ1n) is 6.90. The maximum absolute atomic E-state index is 12.4. The van der Waals surface area contributed by atoms with Crippen molar-refractivity contribution < 1.29 is 4.79 Å². The molecule has 2 rings (SSSR count). The Labute approximate surface area is 123 Å². The van der Waals surface area contributed by atoms with Crippen LogP contribution in [0.1, 0.15) is 31.7 Å². The number of halogens is 1. The molecule has 0 radical (unpaired) electrons. The summed E-state index contributed by atoms with van der Waals surface area (Å²) in [5.41, 5.74) is 0.943. The van der Waals surface area contributed by atoms with E-state index in [4.69, 9.17) is 0 Å². The van der Waals surface area contributed by atoms with Gasteiger partial charge in [-0.3, -0.25) is 4.79 Å². The molecule has 0 saturated carbocycles. The minimum absolute atomic E-state index is 0.190. The van der Waals surface area contributed by atoms with Gasteiger partial charge in [-0.2, -0.15) is 0 Å². The van der Waals surface area contributed by atoms with Crippen molar-refractivity contribution in [3.63, 3.8) is 0 Å². The van der Waals surface area contributed by atoms with Crippen molar-refractivity contribution in [3.8, 4) is 0 Å². The van der Waals surface area contributed by atoms with E-state index < -0.39 is 0 Å². The normalized spacial score (nSPS) is 22.4. The molecule has 0 bridgehead atoms. The van der Waals surface area contributed by atoms with Crippen molar-refractivity contribution in [1.29, 1.82) is 0 Å². The Morgan fingerprint density at radius 2 is 2.16 bits per heavy atom. The molecule has 1 aromatic rings. The number of carbonyl (C=O) groups is 1. The molecule has 0 aliphatic carbocycles. The summed E-state index contributed by atoms with van der Waals surface area (Å²) in [6.45, 7) is 4.51. The number of rotatable bonds is 5. The zero-order valence-corrected chi connectivity index (χ0v) is 12.9. The molecular weight excluding hydrogens is 304 g/mol. The Hall–Kier alpha value is -0.870. The Morgan fingerprint density at radius 3 is 2.74 bits per heavy atom. The van der Waals surface area contributed by atoms with Crippen LogP contribution < -0.4 is 10.6 Å². The lowest BCUT2D eigenvalue weighted by molar-refractivity contribution is -0.130. The molecule has 3 nitrogen and oxygen atoms in total. The maximum atomic E-state index is 12.4. The van der Waals surface area contributed by atoms with Gasteiger partial charge in [0.2, 0.25) is 5.91 Å². The van der Waals surface area contributed by atoms with Crippen LogP contribution in [0.2, 0.25) is 0 Å². The van der Waals surface area contributed by atoms with Crippen molar-refractivity contribution in [3.05, 3.63) is 34.3 Å². The lowest BCUT2D eigenvalue weighted by Crippen LogP contribution is -2.42. The summed E-state index contributed by atoms with van der Waals surface area (Å²) in [5, 5.41) is 6.41. The molecular formula is C15H21BrN2O. The van der Waals surface area contributed by atoms with E-state index in [1.807, 2.05) is 24.3 Å². The highest BCUT2D eigenvalue weighted by Crippen LogP contribution is 2.31. The van der Waals surface area contributed by atoms with Crippen LogP contribution >= 0.6 is 15.9 Å². The standard InChI is InChI=1S/C15H21BrN2O/c1-2-7-15(8-9-17-11-15)14(19)18-10-12-3-5-13(16)6-4-12/h3-6,17H,2,7-11H2,1H3,(H,18,19). The highest BCUT2D eigenvalue weighted by atomic mass is 79.9. The molecule has 0 aromatic heterocycles. The van der Waals surface area contributed by atoms with Gasteiger partial charge in [0.1, 0.15) is 0 Å². The molecule has 1 fully saturated rings. The predicted octanol–water partition coefficient (Wildman–Crippen LogP) is 2.85. The van der Waals surface area contributed by atoms with Crippen LogP contribution in [0.3, 0.4) is 0 Å². The van der Waals surface area contributed by atoms with Crippen LogP contribution in [0.25, 0.3) is 0 Å². The van der Waals surface area contributed by atoms with E-state index in [0.29, 0.717) is 6.54 Å². The second kappa shape index (κ2) is 6.53. The first-order chi connectivity index (χ1) is 9.16. The number of hydrogen-bond acceptors (Lipinski definition) is 2. The third kappa shape index (κ3) is 3.57. The van der Waals surface area contributed by atoms with Gasteiger partial charge in [-0.05, 0) is 37.1 Å².